The van der Waals surface area contributed by atoms with E-state index in [2.05, 4.69) is 30.8 Å². The van der Waals surface area contributed by atoms with E-state index in [9.17, 15) is 9.59 Å². The van der Waals surface area contributed by atoms with Gasteiger partial charge in [-0.3, -0.25) is 10.1 Å². The highest BCUT2D eigenvalue weighted by molar-refractivity contribution is 6.32. The lowest BCUT2D eigenvalue weighted by Gasteiger charge is -2.15. The van der Waals surface area contributed by atoms with Crippen molar-refractivity contribution in [1.29, 1.82) is 0 Å². The number of aromatic amines is 1. The lowest BCUT2D eigenvalue weighted by atomic mass is 10.0. The third-order valence-electron chi connectivity index (χ3n) is 7.00. The van der Waals surface area contributed by atoms with Gasteiger partial charge >= 0.3 is 6.09 Å². The molecule has 1 aliphatic rings. The first kappa shape index (κ1) is 25.8. The van der Waals surface area contributed by atoms with Gasteiger partial charge in [-0.2, -0.15) is 4.68 Å². The van der Waals surface area contributed by atoms with Crippen LogP contribution < -0.4 is 10.9 Å². The number of amides is 1. The zero-order valence-electron chi connectivity index (χ0n) is 21.1. The maximum Gasteiger partial charge on any atom is 0.409 e. The number of fused-ring (bicyclic) bond motifs is 1. The number of pyridine rings is 1. The van der Waals surface area contributed by atoms with Crippen molar-refractivity contribution in [3.63, 3.8) is 0 Å². The van der Waals surface area contributed by atoms with Gasteiger partial charge in [0.05, 0.1) is 17.4 Å². The molecule has 0 saturated carbocycles. The van der Waals surface area contributed by atoms with Crippen LogP contribution in [0.3, 0.4) is 0 Å². The Labute approximate surface area is 237 Å². The van der Waals surface area contributed by atoms with Gasteiger partial charge in [0.25, 0.3) is 5.56 Å². The van der Waals surface area contributed by atoms with Crippen LogP contribution in [0.1, 0.15) is 36.5 Å². The lowest BCUT2D eigenvalue weighted by Crippen LogP contribution is -2.24. The first-order chi connectivity index (χ1) is 19.3. The van der Waals surface area contributed by atoms with Crippen molar-refractivity contribution in [2.24, 2.45) is 0 Å². The molecule has 6 rings (SSSR count). The molecule has 0 bridgehead atoms. The second kappa shape index (κ2) is 10.2. The van der Waals surface area contributed by atoms with Crippen molar-refractivity contribution in [2.45, 2.75) is 32.2 Å². The minimum atomic E-state index is -1.13. The number of rotatable bonds is 6. The molecule has 0 aliphatic carbocycles. The van der Waals surface area contributed by atoms with Crippen molar-refractivity contribution < 1.29 is 9.90 Å². The molecular weight excluding hydrogens is 555 g/mol. The molecule has 0 fully saturated rings. The van der Waals surface area contributed by atoms with E-state index in [-0.39, 0.29) is 16.8 Å². The SMILES string of the molecule is CCc1cc(NC(=O)O)ccc1-c1[nH]c(C2CCc3cc(-c4cc(Cl)ccc4-n4cnnn4)cc(=O)n32)nc1Cl. The molecule has 1 aliphatic heterocycles. The van der Waals surface area contributed by atoms with E-state index in [0.717, 1.165) is 22.4 Å². The fraction of sp³-hybridized carbons (Fsp3) is 0.185. The summed E-state index contributed by atoms with van der Waals surface area (Å²) in [5.74, 6) is 0.584. The van der Waals surface area contributed by atoms with E-state index < -0.39 is 6.09 Å². The van der Waals surface area contributed by atoms with Crippen LogP contribution in [0.25, 0.3) is 28.1 Å². The number of carbonyl (C=O) groups is 1. The lowest BCUT2D eigenvalue weighted by molar-refractivity contribution is 0.209. The molecule has 0 spiro atoms. The maximum absolute atomic E-state index is 13.5. The summed E-state index contributed by atoms with van der Waals surface area (Å²) in [5, 5.41) is 23.7. The highest BCUT2D eigenvalue weighted by Gasteiger charge is 2.29. The standard InChI is InChI=1S/C27H22Cl2N8O3/c1-2-14-9-17(31-27(39)40)4-6-19(14)24-25(29)33-26(32-24)22-8-5-18-10-15(11-23(38)37(18)22)20-12-16(28)3-7-21(20)36-13-30-34-35-36/h3-4,6-7,9-13,22,31H,2,5,8H2,1H3,(H,32,33)(H,39,40). The summed E-state index contributed by atoms with van der Waals surface area (Å²) in [5.41, 5.74) is 5.65. The Morgan fingerprint density at radius 3 is 2.75 bits per heavy atom. The van der Waals surface area contributed by atoms with E-state index in [1.807, 2.05) is 25.1 Å². The summed E-state index contributed by atoms with van der Waals surface area (Å²) in [4.78, 5) is 32.5. The molecule has 40 heavy (non-hydrogen) atoms. The number of H-pyrrole nitrogens is 1. The van der Waals surface area contributed by atoms with Gasteiger partial charge in [-0.1, -0.05) is 36.2 Å². The molecular formula is C27H22Cl2N8O3. The van der Waals surface area contributed by atoms with Crippen molar-refractivity contribution in [3.05, 3.63) is 92.5 Å². The molecule has 0 saturated heterocycles. The third kappa shape index (κ3) is 4.63. The summed E-state index contributed by atoms with van der Waals surface area (Å²) in [6.45, 7) is 1.98. The van der Waals surface area contributed by atoms with Crippen molar-refractivity contribution in [1.82, 2.24) is 34.7 Å². The van der Waals surface area contributed by atoms with Gasteiger partial charge in [-0.15, -0.1) is 5.10 Å². The molecule has 2 aromatic carbocycles. The number of halogens is 2. The smallest absolute Gasteiger partial charge is 0.409 e. The van der Waals surface area contributed by atoms with E-state index in [1.165, 1.54) is 11.0 Å². The first-order valence-electron chi connectivity index (χ1n) is 12.5. The summed E-state index contributed by atoms with van der Waals surface area (Å²) >= 11 is 12.9. The maximum atomic E-state index is 13.5. The Morgan fingerprint density at radius 1 is 1.15 bits per heavy atom. The molecule has 0 radical (unpaired) electrons. The van der Waals surface area contributed by atoms with Crippen LogP contribution >= 0.6 is 23.2 Å². The summed E-state index contributed by atoms with van der Waals surface area (Å²) in [7, 11) is 0. The van der Waals surface area contributed by atoms with Crippen molar-refractivity contribution >= 4 is 35.0 Å². The van der Waals surface area contributed by atoms with E-state index >= 15 is 0 Å². The fourth-order valence-electron chi connectivity index (χ4n) is 5.26. The number of benzene rings is 2. The van der Waals surface area contributed by atoms with Crippen LogP contribution in [0.5, 0.6) is 0 Å². The van der Waals surface area contributed by atoms with E-state index in [4.69, 9.17) is 28.3 Å². The highest BCUT2D eigenvalue weighted by Crippen LogP contribution is 2.37. The Bertz CT molecular complexity index is 1810. The molecule has 3 aromatic heterocycles. The normalized spacial score (nSPS) is 14.3. The molecule has 13 heteroatoms. The van der Waals surface area contributed by atoms with Gasteiger partial charge in [-0.25, -0.2) is 9.78 Å². The first-order valence-corrected chi connectivity index (χ1v) is 13.3. The zero-order chi connectivity index (χ0) is 28.0. The van der Waals surface area contributed by atoms with Crippen LogP contribution in [0.2, 0.25) is 10.2 Å². The van der Waals surface area contributed by atoms with Crippen LogP contribution in [-0.2, 0) is 12.8 Å². The van der Waals surface area contributed by atoms with Crippen LogP contribution in [0.15, 0.2) is 59.7 Å². The van der Waals surface area contributed by atoms with Gasteiger partial charge in [0.1, 0.15) is 12.2 Å². The molecule has 5 aromatic rings. The fourth-order valence-corrected chi connectivity index (χ4v) is 5.67. The zero-order valence-corrected chi connectivity index (χ0v) is 22.6. The minimum absolute atomic E-state index is 0.176. The Balaban J connectivity index is 1.37. The van der Waals surface area contributed by atoms with Crippen molar-refractivity contribution in [3.8, 4) is 28.1 Å². The molecule has 11 nitrogen and oxygen atoms in total. The molecule has 4 heterocycles. The second-order valence-corrected chi connectivity index (χ2v) is 10.2. The Morgan fingerprint density at radius 2 is 2.00 bits per heavy atom. The number of imidazole rings is 1. The summed E-state index contributed by atoms with van der Waals surface area (Å²) in [6, 6.07) is 13.8. The summed E-state index contributed by atoms with van der Waals surface area (Å²) in [6.07, 6.45) is 2.34. The van der Waals surface area contributed by atoms with Gasteiger partial charge in [0.2, 0.25) is 0 Å². The second-order valence-electron chi connectivity index (χ2n) is 9.36. The number of tetrazole rings is 1. The predicted octanol–water partition coefficient (Wildman–Crippen LogP) is 5.38. The number of nitrogens with zero attached hydrogens (tertiary/aromatic N) is 6. The Hall–Kier alpha value is -4.48. The predicted molar refractivity (Wildman–Crippen MR) is 150 cm³/mol. The van der Waals surface area contributed by atoms with Gasteiger partial charge in [0, 0.05) is 33.6 Å². The van der Waals surface area contributed by atoms with E-state index in [0.29, 0.717) is 52.7 Å². The number of nitrogens with one attached hydrogen (secondary N) is 2. The summed E-state index contributed by atoms with van der Waals surface area (Å²) < 4.78 is 3.27. The molecule has 3 N–H and O–H groups in total. The topological polar surface area (TPSA) is 144 Å². The third-order valence-corrected chi connectivity index (χ3v) is 7.51. The number of carboxylic acid groups (broad SMARTS) is 1. The minimum Gasteiger partial charge on any atom is -0.465 e. The van der Waals surface area contributed by atoms with Crippen molar-refractivity contribution in [2.75, 3.05) is 5.32 Å². The quantitative estimate of drug-likeness (QED) is 0.246. The largest absolute Gasteiger partial charge is 0.465 e. The highest BCUT2D eigenvalue weighted by atomic mass is 35.5. The van der Waals surface area contributed by atoms with Crippen LogP contribution in [0.4, 0.5) is 10.5 Å². The molecule has 1 unspecified atom stereocenters. The molecule has 202 valence electrons. The van der Waals surface area contributed by atoms with Gasteiger partial charge < -0.3 is 14.7 Å². The molecule has 1 amide bonds. The average Bonchev–Trinajstić information content (AvgIpc) is 3.68. The number of anilines is 1. The monoisotopic (exact) mass is 576 g/mol. The number of hydrogen-bond donors (Lipinski definition) is 3. The van der Waals surface area contributed by atoms with Gasteiger partial charge in [0.15, 0.2) is 5.15 Å². The average molecular weight is 577 g/mol. The number of hydrogen-bond acceptors (Lipinski definition) is 6. The van der Waals surface area contributed by atoms with Gasteiger partial charge in [-0.05, 0) is 77.2 Å². The van der Waals surface area contributed by atoms with E-state index in [1.54, 1.807) is 34.9 Å². The number of aromatic nitrogens is 7. The Kier molecular flexibility index (Phi) is 6.60. The number of aryl methyl sites for hydroxylation is 2. The molecule has 1 atom stereocenters. The van der Waals surface area contributed by atoms with Crippen LogP contribution in [-0.4, -0.2) is 45.9 Å². The van der Waals surface area contributed by atoms with Crippen LogP contribution in [0, 0.1) is 0 Å².